The molecule has 1 aromatic heterocycles. The highest BCUT2D eigenvalue weighted by Gasteiger charge is 2.16. The zero-order chi connectivity index (χ0) is 8.55. The van der Waals surface area contributed by atoms with E-state index < -0.39 is 0 Å². The topological polar surface area (TPSA) is 38.1 Å². The molecule has 0 aromatic carbocycles. The highest BCUT2D eigenvalue weighted by atomic mass is 16.3. The summed E-state index contributed by atoms with van der Waals surface area (Å²) in [7, 11) is 0. The molecule has 66 valence electrons. The van der Waals surface area contributed by atoms with Crippen molar-refractivity contribution in [1.29, 1.82) is 0 Å². The van der Waals surface area contributed by atoms with Gasteiger partial charge in [-0.3, -0.25) is 0 Å². The maximum atomic E-state index is 9.02. The average Bonchev–Trinajstić information content (AvgIpc) is 2.44. The standard InChI is InChI=1S/C9H14N2O/c1-7-8-4-2-3-5-11(8)9(6-12)10-7/h12H,2-6H2,1H3. The first-order valence-corrected chi connectivity index (χ1v) is 4.48. The van der Waals surface area contributed by atoms with E-state index in [0.717, 1.165) is 24.5 Å². The molecule has 3 nitrogen and oxygen atoms in total. The Morgan fingerprint density at radius 1 is 1.50 bits per heavy atom. The third-order valence-corrected chi connectivity index (χ3v) is 2.54. The second-order valence-corrected chi connectivity index (χ2v) is 3.33. The molecular weight excluding hydrogens is 152 g/mol. The Kier molecular flexibility index (Phi) is 1.89. The van der Waals surface area contributed by atoms with Crippen LogP contribution >= 0.6 is 0 Å². The van der Waals surface area contributed by atoms with Crippen LogP contribution < -0.4 is 0 Å². The lowest BCUT2D eigenvalue weighted by atomic mass is 10.1. The summed E-state index contributed by atoms with van der Waals surface area (Å²) in [4.78, 5) is 4.32. The second kappa shape index (κ2) is 2.90. The number of aromatic nitrogens is 2. The van der Waals surface area contributed by atoms with E-state index in [-0.39, 0.29) is 6.61 Å². The number of fused-ring (bicyclic) bond motifs is 1. The highest BCUT2D eigenvalue weighted by Crippen LogP contribution is 2.19. The summed E-state index contributed by atoms with van der Waals surface area (Å²) in [6, 6.07) is 0. The first kappa shape index (κ1) is 7.80. The smallest absolute Gasteiger partial charge is 0.135 e. The molecule has 1 aliphatic heterocycles. The van der Waals surface area contributed by atoms with E-state index in [9.17, 15) is 0 Å². The molecule has 0 bridgehead atoms. The molecule has 0 unspecified atom stereocenters. The number of aliphatic hydroxyl groups excluding tert-OH is 1. The lowest BCUT2D eigenvalue weighted by Gasteiger charge is -2.16. The Labute approximate surface area is 72.0 Å². The number of nitrogens with zero attached hydrogens (tertiary/aromatic N) is 2. The molecule has 0 saturated carbocycles. The van der Waals surface area contributed by atoms with Gasteiger partial charge in [-0.15, -0.1) is 0 Å². The lowest BCUT2D eigenvalue weighted by molar-refractivity contribution is 0.262. The van der Waals surface area contributed by atoms with E-state index in [1.54, 1.807) is 0 Å². The molecule has 12 heavy (non-hydrogen) atoms. The summed E-state index contributed by atoms with van der Waals surface area (Å²) in [5.74, 6) is 0.835. The third kappa shape index (κ3) is 1.05. The minimum Gasteiger partial charge on any atom is -0.388 e. The zero-order valence-corrected chi connectivity index (χ0v) is 7.38. The fourth-order valence-electron chi connectivity index (χ4n) is 1.93. The van der Waals surface area contributed by atoms with Crippen LogP contribution in [0.15, 0.2) is 0 Å². The van der Waals surface area contributed by atoms with Crippen molar-refractivity contribution < 1.29 is 5.11 Å². The molecule has 0 aliphatic carbocycles. The Morgan fingerprint density at radius 3 is 3.08 bits per heavy atom. The van der Waals surface area contributed by atoms with Crippen molar-refractivity contribution in [3.05, 3.63) is 17.2 Å². The van der Waals surface area contributed by atoms with Crippen LogP contribution in [-0.4, -0.2) is 14.7 Å². The average molecular weight is 166 g/mol. The van der Waals surface area contributed by atoms with Crippen LogP contribution in [0.5, 0.6) is 0 Å². The lowest BCUT2D eigenvalue weighted by Crippen LogP contribution is -2.12. The van der Waals surface area contributed by atoms with Gasteiger partial charge in [0, 0.05) is 12.2 Å². The summed E-state index contributed by atoms with van der Waals surface area (Å²) >= 11 is 0. The number of hydrogen-bond acceptors (Lipinski definition) is 2. The molecular formula is C9H14N2O. The van der Waals surface area contributed by atoms with E-state index in [1.165, 1.54) is 18.5 Å². The summed E-state index contributed by atoms with van der Waals surface area (Å²) in [5.41, 5.74) is 2.42. The number of aliphatic hydroxyl groups is 1. The second-order valence-electron chi connectivity index (χ2n) is 3.33. The third-order valence-electron chi connectivity index (χ3n) is 2.54. The molecule has 1 N–H and O–H groups in total. The van der Waals surface area contributed by atoms with Crippen molar-refractivity contribution >= 4 is 0 Å². The first-order chi connectivity index (χ1) is 5.83. The van der Waals surface area contributed by atoms with Gasteiger partial charge in [0.15, 0.2) is 0 Å². The summed E-state index contributed by atoms with van der Waals surface area (Å²) < 4.78 is 2.17. The Morgan fingerprint density at radius 2 is 2.33 bits per heavy atom. The van der Waals surface area contributed by atoms with Gasteiger partial charge in [-0.2, -0.15) is 0 Å². The summed E-state index contributed by atoms with van der Waals surface area (Å²) in [5, 5.41) is 9.02. The first-order valence-electron chi connectivity index (χ1n) is 4.48. The molecule has 2 rings (SSSR count). The van der Waals surface area contributed by atoms with Crippen LogP contribution in [-0.2, 0) is 19.6 Å². The van der Waals surface area contributed by atoms with Gasteiger partial charge in [-0.05, 0) is 26.2 Å². The van der Waals surface area contributed by atoms with Crippen molar-refractivity contribution in [2.24, 2.45) is 0 Å². The van der Waals surface area contributed by atoms with Crippen LogP contribution in [0.4, 0.5) is 0 Å². The predicted octanol–water partition coefficient (Wildman–Crippen LogP) is 1.02. The maximum absolute atomic E-state index is 9.02. The van der Waals surface area contributed by atoms with Gasteiger partial charge in [0.05, 0.1) is 5.69 Å². The highest BCUT2D eigenvalue weighted by molar-refractivity contribution is 5.17. The van der Waals surface area contributed by atoms with E-state index in [0.29, 0.717) is 0 Å². The number of aryl methyl sites for hydroxylation is 1. The Hall–Kier alpha value is -0.830. The van der Waals surface area contributed by atoms with Crippen LogP contribution in [0.25, 0.3) is 0 Å². The van der Waals surface area contributed by atoms with E-state index >= 15 is 0 Å². The molecule has 0 radical (unpaired) electrons. The van der Waals surface area contributed by atoms with Gasteiger partial charge in [0.2, 0.25) is 0 Å². The van der Waals surface area contributed by atoms with Gasteiger partial charge >= 0.3 is 0 Å². The van der Waals surface area contributed by atoms with Crippen molar-refractivity contribution in [3.8, 4) is 0 Å². The van der Waals surface area contributed by atoms with Crippen LogP contribution in [0.1, 0.15) is 30.1 Å². The van der Waals surface area contributed by atoms with E-state index in [1.807, 2.05) is 6.92 Å². The van der Waals surface area contributed by atoms with Gasteiger partial charge < -0.3 is 9.67 Å². The maximum Gasteiger partial charge on any atom is 0.135 e. The largest absolute Gasteiger partial charge is 0.388 e. The molecule has 2 heterocycles. The molecule has 0 amide bonds. The molecule has 3 heteroatoms. The van der Waals surface area contributed by atoms with Crippen molar-refractivity contribution in [3.63, 3.8) is 0 Å². The number of hydrogen-bond donors (Lipinski definition) is 1. The zero-order valence-electron chi connectivity index (χ0n) is 7.38. The van der Waals surface area contributed by atoms with Gasteiger partial charge in [-0.25, -0.2) is 4.98 Å². The molecule has 1 aromatic rings. The minimum absolute atomic E-state index is 0.0703. The molecule has 0 spiro atoms. The molecule has 0 fully saturated rings. The summed E-state index contributed by atoms with van der Waals surface area (Å²) in [6.07, 6.45) is 3.60. The van der Waals surface area contributed by atoms with E-state index in [4.69, 9.17) is 5.11 Å². The fraction of sp³-hybridized carbons (Fsp3) is 0.667. The summed E-state index contributed by atoms with van der Waals surface area (Å²) in [6.45, 7) is 3.13. The molecule has 0 saturated heterocycles. The predicted molar refractivity (Wildman–Crippen MR) is 45.8 cm³/mol. The Bertz CT molecular complexity index is 291. The van der Waals surface area contributed by atoms with Crippen molar-refractivity contribution in [2.75, 3.05) is 0 Å². The number of imidazole rings is 1. The number of rotatable bonds is 1. The van der Waals surface area contributed by atoms with Crippen molar-refractivity contribution in [1.82, 2.24) is 9.55 Å². The molecule has 0 atom stereocenters. The Balaban J connectivity index is 2.47. The van der Waals surface area contributed by atoms with Gasteiger partial charge in [0.25, 0.3) is 0 Å². The van der Waals surface area contributed by atoms with Crippen LogP contribution in [0.3, 0.4) is 0 Å². The van der Waals surface area contributed by atoms with Gasteiger partial charge in [-0.1, -0.05) is 0 Å². The van der Waals surface area contributed by atoms with Gasteiger partial charge in [0.1, 0.15) is 12.4 Å². The van der Waals surface area contributed by atoms with Crippen LogP contribution in [0, 0.1) is 6.92 Å². The monoisotopic (exact) mass is 166 g/mol. The normalized spacial score (nSPS) is 16.2. The van der Waals surface area contributed by atoms with E-state index in [2.05, 4.69) is 9.55 Å². The molecule has 1 aliphatic rings. The SMILES string of the molecule is Cc1nc(CO)n2c1CCCC2. The quantitative estimate of drug-likeness (QED) is 0.676. The van der Waals surface area contributed by atoms with Crippen LogP contribution in [0.2, 0.25) is 0 Å². The van der Waals surface area contributed by atoms with Crippen molar-refractivity contribution in [2.45, 2.75) is 39.3 Å². The fourth-order valence-corrected chi connectivity index (χ4v) is 1.93. The minimum atomic E-state index is 0.0703.